The van der Waals surface area contributed by atoms with Gasteiger partial charge < -0.3 is 4.90 Å². The maximum atomic E-state index is 9.20. The fourth-order valence-corrected chi connectivity index (χ4v) is 2.86. The molecule has 0 aromatic carbocycles. The minimum atomic E-state index is -0.137. The molecule has 0 spiro atoms. The van der Waals surface area contributed by atoms with Gasteiger partial charge in [-0.25, -0.2) is 0 Å². The van der Waals surface area contributed by atoms with Crippen molar-refractivity contribution in [1.29, 1.82) is 5.26 Å². The first-order valence-electron chi connectivity index (χ1n) is 5.94. The predicted molar refractivity (Wildman–Crippen MR) is 69.8 cm³/mol. The third kappa shape index (κ3) is 3.02. The van der Waals surface area contributed by atoms with E-state index >= 15 is 0 Å². The van der Waals surface area contributed by atoms with Crippen LogP contribution in [0.4, 0.5) is 0 Å². The zero-order valence-electron chi connectivity index (χ0n) is 10.2. The number of rotatable bonds is 4. The molecule has 4 nitrogen and oxygen atoms in total. The van der Waals surface area contributed by atoms with Crippen molar-refractivity contribution in [2.75, 3.05) is 25.9 Å². The lowest BCUT2D eigenvalue weighted by molar-refractivity contribution is 0.207. The maximum Gasteiger partial charge on any atom is 0.104 e. The van der Waals surface area contributed by atoms with E-state index in [1.807, 2.05) is 29.4 Å². The van der Waals surface area contributed by atoms with Crippen LogP contribution in [0.1, 0.15) is 12.8 Å². The van der Waals surface area contributed by atoms with Crippen LogP contribution in [0.25, 0.3) is 0 Å². The van der Waals surface area contributed by atoms with E-state index in [1.165, 1.54) is 0 Å². The second-order valence-corrected chi connectivity index (χ2v) is 5.61. The monoisotopic (exact) mass is 250 g/mol. The van der Waals surface area contributed by atoms with Crippen LogP contribution in [-0.4, -0.2) is 45.3 Å². The van der Waals surface area contributed by atoms with Crippen molar-refractivity contribution in [1.82, 2.24) is 14.7 Å². The topological polar surface area (TPSA) is 44.9 Å². The Bertz CT molecular complexity index is 374. The fraction of sp³-hybridized carbons (Fsp3) is 0.667. The average molecular weight is 250 g/mol. The molecular formula is C12H18N4S. The first-order valence-corrected chi connectivity index (χ1v) is 7.17. The van der Waals surface area contributed by atoms with Gasteiger partial charge in [-0.05, 0) is 25.2 Å². The Morgan fingerprint density at radius 1 is 1.41 bits per heavy atom. The Morgan fingerprint density at radius 3 is 2.71 bits per heavy atom. The van der Waals surface area contributed by atoms with E-state index in [0.717, 1.165) is 39.0 Å². The lowest BCUT2D eigenvalue weighted by Crippen LogP contribution is -2.42. The molecule has 2 rings (SSSR count). The van der Waals surface area contributed by atoms with Gasteiger partial charge in [0.1, 0.15) is 4.75 Å². The van der Waals surface area contributed by atoms with Gasteiger partial charge >= 0.3 is 0 Å². The lowest BCUT2D eigenvalue weighted by Gasteiger charge is -2.36. The van der Waals surface area contributed by atoms with Crippen molar-refractivity contribution < 1.29 is 0 Å². The molecule has 0 bridgehead atoms. The van der Waals surface area contributed by atoms with Crippen LogP contribution >= 0.6 is 11.8 Å². The second kappa shape index (κ2) is 5.56. The highest BCUT2D eigenvalue weighted by molar-refractivity contribution is 8.00. The molecule has 0 aliphatic carbocycles. The van der Waals surface area contributed by atoms with Crippen LogP contribution < -0.4 is 0 Å². The number of likely N-dealkylation sites (tertiary alicyclic amines) is 1. The van der Waals surface area contributed by atoms with Crippen molar-refractivity contribution >= 4 is 11.8 Å². The summed E-state index contributed by atoms with van der Waals surface area (Å²) in [4.78, 5) is 2.42. The van der Waals surface area contributed by atoms with E-state index < -0.39 is 0 Å². The Hall–Kier alpha value is -0.990. The van der Waals surface area contributed by atoms with Gasteiger partial charge in [0.25, 0.3) is 0 Å². The standard InChI is InChI=1S/C12H18N4S/c1-17-12(11-13)3-7-15(8-4-12)9-10-16-6-2-5-14-16/h2,5-6H,3-4,7-10H2,1H3. The Labute approximate surface area is 107 Å². The Kier molecular flexibility index (Phi) is 4.08. The second-order valence-electron chi connectivity index (χ2n) is 4.42. The van der Waals surface area contributed by atoms with Crippen molar-refractivity contribution in [3.63, 3.8) is 0 Å². The summed E-state index contributed by atoms with van der Waals surface area (Å²) in [6, 6.07) is 4.43. The zero-order chi connectivity index (χ0) is 12.1. The summed E-state index contributed by atoms with van der Waals surface area (Å²) in [5, 5.41) is 13.4. The van der Waals surface area contributed by atoms with Gasteiger partial charge in [0, 0.05) is 32.0 Å². The molecule has 1 aromatic heterocycles. The number of nitriles is 1. The third-order valence-electron chi connectivity index (χ3n) is 3.46. The summed E-state index contributed by atoms with van der Waals surface area (Å²) in [6.07, 6.45) is 7.80. The van der Waals surface area contributed by atoms with Crippen molar-refractivity contribution in [3.05, 3.63) is 18.5 Å². The van der Waals surface area contributed by atoms with Crippen molar-refractivity contribution in [2.45, 2.75) is 24.1 Å². The summed E-state index contributed by atoms with van der Waals surface area (Å²) in [5.41, 5.74) is 0. The molecule has 0 atom stereocenters. The van der Waals surface area contributed by atoms with Crippen LogP contribution in [0.5, 0.6) is 0 Å². The van der Waals surface area contributed by atoms with Crippen LogP contribution in [0.15, 0.2) is 18.5 Å². The molecule has 5 heteroatoms. The summed E-state index contributed by atoms with van der Waals surface area (Å²) in [7, 11) is 0. The summed E-state index contributed by atoms with van der Waals surface area (Å²) >= 11 is 1.71. The number of hydrogen-bond acceptors (Lipinski definition) is 4. The van der Waals surface area contributed by atoms with Gasteiger partial charge in [-0.3, -0.25) is 4.68 Å². The molecule has 0 radical (unpaired) electrons. The summed E-state index contributed by atoms with van der Waals surface area (Å²) in [5.74, 6) is 0. The van der Waals surface area contributed by atoms with Crippen LogP contribution in [0, 0.1) is 11.3 Å². The van der Waals surface area contributed by atoms with E-state index in [9.17, 15) is 5.26 Å². The molecule has 1 saturated heterocycles. The largest absolute Gasteiger partial charge is 0.301 e. The molecule has 17 heavy (non-hydrogen) atoms. The van der Waals surface area contributed by atoms with E-state index in [0.29, 0.717) is 0 Å². The molecule has 1 aliphatic heterocycles. The molecule has 1 aliphatic rings. The quantitative estimate of drug-likeness (QED) is 0.814. The molecule has 1 aromatic rings. The average Bonchev–Trinajstić information content (AvgIpc) is 2.90. The first kappa shape index (κ1) is 12.5. The summed E-state index contributed by atoms with van der Waals surface area (Å²) in [6.45, 7) is 4.01. The summed E-state index contributed by atoms with van der Waals surface area (Å²) < 4.78 is 1.82. The fourth-order valence-electron chi connectivity index (χ4n) is 2.18. The Morgan fingerprint density at radius 2 is 2.18 bits per heavy atom. The molecule has 92 valence electrons. The molecular weight excluding hydrogens is 232 g/mol. The van der Waals surface area contributed by atoms with Gasteiger partial charge in [0.05, 0.1) is 12.6 Å². The molecule has 1 fully saturated rings. The van der Waals surface area contributed by atoms with E-state index in [2.05, 4.69) is 16.1 Å². The smallest absolute Gasteiger partial charge is 0.104 e. The van der Waals surface area contributed by atoms with Crippen molar-refractivity contribution in [2.24, 2.45) is 0 Å². The first-order chi connectivity index (χ1) is 8.28. The predicted octanol–water partition coefficient (Wildman–Crippen LogP) is 1.60. The maximum absolute atomic E-state index is 9.20. The molecule has 2 heterocycles. The highest BCUT2D eigenvalue weighted by atomic mass is 32.2. The number of aromatic nitrogens is 2. The third-order valence-corrected chi connectivity index (χ3v) is 4.74. The normalized spacial score (nSPS) is 20.0. The number of hydrogen-bond donors (Lipinski definition) is 0. The zero-order valence-corrected chi connectivity index (χ0v) is 11.0. The minimum absolute atomic E-state index is 0.137. The lowest BCUT2D eigenvalue weighted by atomic mass is 9.97. The number of piperidine rings is 1. The number of thioether (sulfide) groups is 1. The van der Waals surface area contributed by atoms with Crippen molar-refractivity contribution in [3.8, 4) is 6.07 Å². The van der Waals surface area contributed by atoms with Gasteiger partial charge in [-0.2, -0.15) is 10.4 Å². The molecule has 0 N–H and O–H groups in total. The minimum Gasteiger partial charge on any atom is -0.301 e. The Balaban J connectivity index is 1.78. The van der Waals surface area contributed by atoms with Crippen LogP contribution in [0.3, 0.4) is 0 Å². The van der Waals surface area contributed by atoms with E-state index in [1.54, 1.807) is 11.8 Å². The van der Waals surface area contributed by atoms with Gasteiger partial charge in [0.15, 0.2) is 0 Å². The number of nitrogens with zero attached hydrogens (tertiary/aromatic N) is 4. The SMILES string of the molecule is CSC1(C#N)CCN(CCn2cccn2)CC1. The van der Waals surface area contributed by atoms with E-state index in [-0.39, 0.29) is 4.75 Å². The molecule has 0 saturated carbocycles. The van der Waals surface area contributed by atoms with Crippen LogP contribution in [-0.2, 0) is 6.54 Å². The van der Waals surface area contributed by atoms with Crippen LogP contribution in [0.2, 0.25) is 0 Å². The highest BCUT2D eigenvalue weighted by Crippen LogP contribution is 2.33. The van der Waals surface area contributed by atoms with Gasteiger partial charge in [-0.1, -0.05) is 0 Å². The highest BCUT2D eigenvalue weighted by Gasteiger charge is 2.33. The molecule has 0 amide bonds. The molecule has 0 unspecified atom stereocenters. The van der Waals surface area contributed by atoms with E-state index in [4.69, 9.17) is 0 Å². The van der Waals surface area contributed by atoms with Gasteiger partial charge in [0.2, 0.25) is 0 Å². The van der Waals surface area contributed by atoms with Gasteiger partial charge in [-0.15, -0.1) is 11.8 Å².